The van der Waals surface area contributed by atoms with Crippen molar-refractivity contribution in [2.45, 2.75) is 44.8 Å². The van der Waals surface area contributed by atoms with E-state index < -0.39 is 0 Å². The van der Waals surface area contributed by atoms with Crippen molar-refractivity contribution in [3.63, 3.8) is 0 Å². The van der Waals surface area contributed by atoms with Crippen LogP contribution in [0.3, 0.4) is 0 Å². The third-order valence-corrected chi connectivity index (χ3v) is 5.35. The summed E-state index contributed by atoms with van der Waals surface area (Å²) in [4.78, 5) is 5.88. The summed E-state index contributed by atoms with van der Waals surface area (Å²) in [5, 5.41) is 18.8. The van der Waals surface area contributed by atoms with Gasteiger partial charge in [0.2, 0.25) is 0 Å². The summed E-state index contributed by atoms with van der Waals surface area (Å²) in [6.45, 7) is 4.32. The van der Waals surface area contributed by atoms with E-state index in [-0.39, 0.29) is 6.10 Å². The molecular weight excluding hydrogens is 314 g/mol. The number of nitrogens with one attached hydrogen (secondary N) is 1. The molecule has 1 fully saturated rings. The van der Waals surface area contributed by atoms with Crippen molar-refractivity contribution in [1.29, 1.82) is 0 Å². The summed E-state index contributed by atoms with van der Waals surface area (Å²) in [5.74, 6) is 0. The van der Waals surface area contributed by atoms with Crippen LogP contribution in [0.1, 0.15) is 31.7 Å². The monoisotopic (exact) mass is 339 g/mol. The predicted molar refractivity (Wildman–Crippen MR) is 97.8 cm³/mol. The number of aromatic nitrogens is 4. The highest BCUT2D eigenvalue weighted by Crippen LogP contribution is 2.23. The number of aliphatic hydroxyl groups excluding tert-OH is 1. The highest BCUT2D eigenvalue weighted by molar-refractivity contribution is 5.85. The van der Waals surface area contributed by atoms with E-state index in [2.05, 4.69) is 51.4 Å². The molecule has 132 valence electrons. The lowest BCUT2D eigenvalue weighted by atomic mass is 10.00. The third-order valence-electron chi connectivity index (χ3n) is 5.35. The molecule has 2 N–H and O–H groups in total. The van der Waals surface area contributed by atoms with E-state index in [1.54, 1.807) is 12.7 Å². The molecule has 2 atom stereocenters. The Morgan fingerprint density at radius 2 is 2.12 bits per heavy atom. The molecule has 0 amide bonds. The number of rotatable bonds is 5. The number of H-pyrrole nitrogens is 1. The summed E-state index contributed by atoms with van der Waals surface area (Å²) < 4.78 is 1.93. The maximum Gasteiger partial charge on any atom is 0.123 e. The van der Waals surface area contributed by atoms with E-state index in [1.165, 1.54) is 16.5 Å². The van der Waals surface area contributed by atoms with Gasteiger partial charge in [-0.1, -0.05) is 0 Å². The van der Waals surface area contributed by atoms with Crippen molar-refractivity contribution in [1.82, 2.24) is 24.6 Å². The quantitative estimate of drug-likeness (QED) is 0.749. The first-order chi connectivity index (χ1) is 12.2. The second kappa shape index (κ2) is 6.98. The molecule has 0 radical (unpaired) electrons. The van der Waals surface area contributed by atoms with Gasteiger partial charge in [0.15, 0.2) is 0 Å². The Hall–Kier alpha value is -2.18. The number of aromatic amines is 1. The van der Waals surface area contributed by atoms with Crippen LogP contribution in [0.4, 0.5) is 0 Å². The first kappa shape index (κ1) is 16.3. The van der Waals surface area contributed by atoms with Gasteiger partial charge in [-0.05, 0) is 62.9 Å². The summed E-state index contributed by atoms with van der Waals surface area (Å²) in [7, 11) is 0. The van der Waals surface area contributed by atoms with E-state index in [4.69, 9.17) is 0 Å². The van der Waals surface area contributed by atoms with Gasteiger partial charge < -0.3 is 15.0 Å². The zero-order valence-corrected chi connectivity index (χ0v) is 14.6. The van der Waals surface area contributed by atoms with Crippen LogP contribution in [0.5, 0.6) is 0 Å². The van der Waals surface area contributed by atoms with Crippen LogP contribution >= 0.6 is 0 Å². The van der Waals surface area contributed by atoms with Gasteiger partial charge in [0.05, 0.1) is 6.10 Å². The fourth-order valence-electron chi connectivity index (χ4n) is 3.87. The molecule has 3 heterocycles. The summed E-state index contributed by atoms with van der Waals surface area (Å²) in [6, 6.07) is 6.87. The molecule has 0 aliphatic carbocycles. The number of hydrogen-bond donors (Lipinski definition) is 2. The maximum absolute atomic E-state index is 9.75. The van der Waals surface area contributed by atoms with E-state index in [1.807, 2.05) is 4.57 Å². The van der Waals surface area contributed by atoms with Crippen molar-refractivity contribution in [2.24, 2.45) is 0 Å². The highest BCUT2D eigenvalue weighted by atomic mass is 16.3. The number of aliphatic hydroxyl groups is 1. The lowest BCUT2D eigenvalue weighted by Crippen LogP contribution is -2.43. The van der Waals surface area contributed by atoms with Crippen molar-refractivity contribution < 1.29 is 5.11 Å². The molecule has 1 aliphatic rings. The van der Waals surface area contributed by atoms with Gasteiger partial charge in [-0.25, -0.2) is 0 Å². The minimum Gasteiger partial charge on any atom is -0.393 e. The number of aryl methyl sites for hydroxylation is 1. The Kier molecular flexibility index (Phi) is 4.55. The summed E-state index contributed by atoms with van der Waals surface area (Å²) >= 11 is 0. The van der Waals surface area contributed by atoms with Gasteiger partial charge in [-0.2, -0.15) is 0 Å². The number of nitrogens with zero attached hydrogens (tertiary/aromatic N) is 4. The fraction of sp³-hybridized carbons (Fsp3) is 0.474. The fourth-order valence-corrected chi connectivity index (χ4v) is 3.87. The van der Waals surface area contributed by atoms with Gasteiger partial charge in [-0.3, -0.25) is 4.57 Å². The molecule has 1 saturated heterocycles. The van der Waals surface area contributed by atoms with Crippen molar-refractivity contribution in [2.75, 3.05) is 13.1 Å². The zero-order chi connectivity index (χ0) is 17.2. The molecule has 25 heavy (non-hydrogen) atoms. The molecule has 1 aromatic carbocycles. The number of fused-ring (bicyclic) bond motifs is 1. The Morgan fingerprint density at radius 1 is 1.28 bits per heavy atom. The van der Waals surface area contributed by atoms with Crippen molar-refractivity contribution >= 4 is 10.9 Å². The Bertz CT molecular complexity index is 826. The molecule has 6 nitrogen and oxygen atoms in total. The minimum atomic E-state index is -0.115. The molecular formula is C19H25N5O. The summed E-state index contributed by atoms with van der Waals surface area (Å²) in [6.07, 6.45) is 9.44. The molecule has 4 rings (SSSR count). The van der Waals surface area contributed by atoms with Crippen LogP contribution in [-0.4, -0.2) is 55.0 Å². The Morgan fingerprint density at radius 3 is 2.92 bits per heavy atom. The van der Waals surface area contributed by atoms with Gasteiger partial charge in [-0.15, -0.1) is 10.2 Å². The van der Waals surface area contributed by atoms with Crippen LogP contribution in [0.15, 0.2) is 37.1 Å². The van der Waals surface area contributed by atoms with E-state index in [9.17, 15) is 5.11 Å². The van der Waals surface area contributed by atoms with Crippen LogP contribution < -0.4 is 0 Å². The van der Waals surface area contributed by atoms with Gasteiger partial charge in [0.25, 0.3) is 0 Å². The zero-order valence-electron chi connectivity index (χ0n) is 14.6. The lowest BCUT2D eigenvalue weighted by molar-refractivity contribution is 0.0479. The molecule has 6 heteroatoms. The smallest absolute Gasteiger partial charge is 0.123 e. The SMILES string of the molecule is CC1CC(O)CCN1CCCc1c[nH]c2ccc(-n3cnnc3)cc12. The highest BCUT2D eigenvalue weighted by Gasteiger charge is 2.23. The van der Waals surface area contributed by atoms with Crippen LogP contribution in [0.25, 0.3) is 16.6 Å². The maximum atomic E-state index is 9.75. The van der Waals surface area contributed by atoms with Gasteiger partial charge in [0, 0.05) is 35.4 Å². The first-order valence-electron chi connectivity index (χ1n) is 9.08. The average molecular weight is 339 g/mol. The number of likely N-dealkylation sites (tertiary alicyclic amines) is 1. The van der Waals surface area contributed by atoms with E-state index in [0.29, 0.717) is 6.04 Å². The third kappa shape index (κ3) is 3.45. The van der Waals surface area contributed by atoms with Crippen LogP contribution in [0.2, 0.25) is 0 Å². The summed E-state index contributed by atoms with van der Waals surface area (Å²) in [5.41, 5.74) is 3.60. The molecule has 3 aromatic rings. The second-order valence-electron chi connectivity index (χ2n) is 7.08. The van der Waals surface area contributed by atoms with E-state index in [0.717, 1.165) is 44.5 Å². The number of hydrogen-bond acceptors (Lipinski definition) is 4. The molecule has 0 saturated carbocycles. The molecule has 2 aromatic heterocycles. The lowest BCUT2D eigenvalue weighted by Gasteiger charge is -2.35. The van der Waals surface area contributed by atoms with Gasteiger partial charge in [0.1, 0.15) is 12.7 Å². The molecule has 2 unspecified atom stereocenters. The predicted octanol–water partition coefficient (Wildman–Crippen LogP) is 2.53. The molecule has 0 bridgehead atoms. The molecule has 1 aliphatic heterocycles. The van der Waals surface area contributed by atoms with E-state index >= 15 is 0 Å². The Balaban J connectivity index is 1.44. The number of benzene rings is 1. The van der Waals surface area contributed by atoms with Gasteiger partial charge >= 0.3 is 0 Å². The second-order valence-corrected chi connectivity index (χ2v) is 7.08. The number of piperidine rings is 1. The standard InChI is InChI=1S/C19H25N5O/c1-14-9-17(25)6-8-23(14)7-2-3-15-11-20-19-5-4-16(10-18(15)19)24-12-21-22-13-24/h4-5,10-14,17,20,25H,2-3,6-9H2,1H3. The largest absolute Gasteiger partial charge is 0.393 e. The normalized spacial score (nSPS) is 21.8. The topological polar surface area (TPSA) is 70.0 Å². The van der Waals surface area contributed by atoms with Crippen molar-refractivity contribution in [3.05, 3.63) is 42.6 Å². The minimum absolute atomic E-state index is 0.115. The first-order valence-corrected chi connectivity index (χ1v) is 9.08. The van der Waals surface area contributed by atoms with Crippen LogP contribution in [-0.2, 0) is 6.42 Å². The van der Waals surface area contributed by atoms with Crippen LogP contribution in [0, 0.1) is 0 Å². The molecule has 0 spiro atoms. The van der Waals surface area contributed by atoms with Crippen molar-refractivity contribution in [3.8, 4) is 5.69 Å². The Labute approximate surface area is 147 Å². The average Bonchev–Trinajstić information content (AvgIpc) is 3.26.